The van der Waals surface area contributed by atoms with Gasteiger partial charge in [-0.25, -0.2) is 9.67 Å². The lowest BCUT2D eigenvalue weighted by Crippen LogP contribution is -2.15. The summed E-state index contributed by atoms with van der Waals surface area (Å²) in [4.78, 5) is 4.48. The lowest BCUT2D eigenvalue weighted by atomic mass is 10.2. The van der Waals surface area contributed by atoms with E-state index in [-0.39, 0.29) is 0 Å². The van der Waals surface area contributed by atoms with E-state index in [1.54, 1.807) is 0 Å². The first-order chi connectivity index (χ1) is 8.65. The molecule has 0 amide bonds. The van der Waals surface area contributed by atoms with Crippen LogP contribution >= 0.6 is 0 Å². The molecule has 0 unspecified atom stereocenters. The van der Waals surface area contributed by atoms with Crippen LogP contribution in [0.25, 0.3) is 5.82 Å². The smallest absolute Gasteiger partial charge is 0.158 e. The summed E-state index contributed by atoms with van der Waals surface area (Å²) < 4.78 is 1.94. The fraction of sp³-hybridized carbons (Fsp3) is 0.429. The number of aromatic nitrogens is 3. The van der Waals surface area contributed by atoms with Gasteiger partial charge in [-0.1, -0.05) is 13.0 Å². The monoisotopic (exact) mass is 244 g/mol. The van der Waals surface area contributed by atoms with Crippen LogP contribution in [0, 0.1) is 20.8 Å². The van der Waals surface area contributed by atoms with Crippen LogP contribution in [-0.2, 0) is 6.54 Å². The number of aryl methyl sites for hydroxylation is 1. The highest BCUT2D eigenvalue weighted by atomic mass is 15.3. The molecule has 0 aromatic carbocycles. The zero-order valence-electron chi connectivity index (χ0n) is 11.5. The summed E-state index contributed by atoms with van der Waals surface area (Å²) >= 11 is 0. The van der Waals surface area contributed by atoms with Crippen LogP contribution < -0.4 is 5.32 Å². The van der Waals surface area contributed by atoms with Gasteiger partial charge in [0, 0.05) is 24.0 Å². The Balaban J connectivity index is 2.46. The van der Waals surface area contributed by atoms with Gasteiger partial charge in [0.05, 0.1) is 5.69 Å². The first kappa shape index (κ1) is 12.8. The molecule has 0 saturated heterocycles. The van der Waals surface area contributed by atoms with Crippen LogP contribution in [0.4, 0.5) is 0 Å². The zero-order valence-corrected chi connectivity index (χ0v) is 11.5. The molecular formula is C14H20N4. The number of hydrogen-bond acceptors (Lipinski definition) is 3. The third-order valence-electron chi connectivity index (χ3n) is 3.29. The van der Waals surface area contributed by atoms with Crippen molar-refractivity contribution in [3.63, 3.8) is 0 Å². The lowest BCUT2D eigenvalue weighted by Gasteiger charge is -2.10. The molecule has 0 aliphatic carbocycles. The summed E-state index contributed by atoms with van der Waals surface area (Å²) in [6.45, 7) is 10.1. The Labute approximate surface area is 108 Å². The molecular weight excluding hydrogens is 224 g/mol. The van der Waals surface area contributed by atoms with Gasteiger partial charge in [0.1, 0.15) is 0 Å². The highest BCUT2D eigenvalue weighted by Crippen LogP contribution is 2.18. The Bertz CT molecular complexity index is 543. The summed E-state index contributed by atoms with van der Waals surface area (Å²) in [5.41, 5.74) is 4.62. The fourth-order valence-corrected chi connectivity index (χ4v) is 1.95. The molecule has 96 valence electrons. The van der Waals surface area contributed by atoms with Gasteiger partial charge in [-0.3, -0.25) is 0 Å². The van der Waals surface area contributed by atoms with E-state index in [9.17, 15) is 0 Å². The van der Waals surface area contributed by atoms with E-state index in [0.717, 1.165) is 30.3 Å². The number of hydrogen-bond donors (Lipinski definition) is 1. The zero-order chi connectivity index (χ0) is 13.1. The van der Waals surface area contributed by atoms with Crippen molar-refractivity contribution in [2.45, 2.75) is 34.2 Å². The Kier molecular flexibility index (Phi) is 3.77. The van der Waals surface area contributed by atoms with Gasteiger partial charge in [-0.05, 0) is 38.9 Å². The third kappa shape index (κ3) is 2.29. The van der Waals surface area contributed by atoms with E-state index in [1.807, 2.05) is 23.9 Å². The normalized spacial score (nSPS) is 10.9. The topological polar surface area (TPSA) is 42.7 Å². The minimum Gasteiger partial charge on any atom is -0.313 e. The average Bonchev–Trinajstić information content (AvgIpc) is 2.64. The largest absolute Gasteiger partial charge is 0.313 e. The number of nitrogens with one attached hydrogen (secondary N) is 1. The molecule has 0 bridgehead atoms. The number of pyridine rings is 1. The van der Waals surface area contributed by atoms with Crippen molar-refractivity contribution in [2.24, 2.45) is 0 Å². The highest BCUT2D eigenvalue weighted by Gasteiger charge is 2.12. The first-order valence-electron chi connectivity index (χ1n) is 6.33. The van der Waals surface area contributed by atoms with Crippen molar-refractivity contribution in [1.82, 2.24) is 20.1 Å². The Morgan fingerprint density at radius 3 is 2.67 bits per heavy atom. The van der Waals surface area contributed by atoms with Crippen molar-refractivity contribution in [2.75, 3.05) is 6.54 Å². The predicted octanol–water partition coefficient (Wildman–Crippen LogP) is 2.30. The molecule has 4 nitrogen and oxygen atoms in total. The quantitative estimate of drug-likeness (QED) is 0.897. The Hall–Kier alpha value is -1.68. The second-order valence-corrected chi connectivity index (χ2v) is 4.47. The van der Waals surface area contributed by atoms with Crippen molar-refractivity contribution >= 4 is 0 Å². The van der Waals surface area contributed by atoms with Gasteiger partial charge in [-0.15, -0.1) is 0 Å². The van der Waals surface area contributed by atoms with E-state index in [2.05, 4.69) is 42.2 Å². The van der Waals surface area contributed by atoms with E-state index in [4.69, 9.17) is 0 Å². The highest BCUT2D eigenvalue weighted by molar-refractivity contribution is 5.37. The third-order valence-corrected chi connectivity index (χ3v) is 3.29. The van der Waals surface area contributed by atoms with Crippen molar-refractivity contribution in [1.29, 1.82) is 0 Å². The molecule has 0 aliphatic heterocycles. The molecule has 0 saturated carbocycles. The summed E-state index contributed by atoms with van der Waals surface area (Å²) in [5, 5.41) is 7.91. The number of rotatable bonds is 4. The van der Waals surface area contributed by atoms with Crippen LogP contribution in [0.5, 0.6) is 0 Å². The fourth-order valence-electron chi connectivity index (χ4n) is 1.95. The van der Waals surface area contributed by atoms with Gasteiger partial charge < -0.3 is 5.32 Å². The first-order valence-corrected chi connectivity index (χ1v) is 6.33. The second-order valence-electron chi connectivity index (χ2n) is 4.47. The molecule has 0 fully saturated rings. The Morgan fingerprint density at radius 2 is 2.06 bits per heavy atom. The standard InChI is InChI=1S/C14H20N4/c1-5-15-9-13-7-6-8-16-14(13)18-12(4)10(2)11(3)17-18/h6-8,15H,5,9H2,1-4H3. The molecule has 1 N–H and O–H groups in total. The minimum atomic E-state index is 0.817. The van der Waals surface area contributed by atoms with Gasteiger partial charge in [0.25, 0.3) is 0 Å². The van der Waals surface area contributed by atoms with Gasteiger partial charge in [-0.2, -0.15) is 5.10 Å². The molecule has 2 heterocycles. The average molecular weight is 244 g/mol. The van der Waals surface area contributed by atoms with E-state index in [0.29, 0.717) is 0 Å². The summed E-state index contributed by atoms with van der Waals surface area (Å²) in [6.07, 6.45) is 1.82. The molecule has 0 atom stereocenters. The molecule has 18 heavy (non-hydrogen) atoms. The molecule has 4 heteroatoms. The maximum Gasteiger partial charge on any atom is 0.158 e. The van der Waals surface area contributed by atoms with E-state index >= 15 is 0 Å². The summed E-state index contributed by atoms with van der Waals surface area (Å²) in [5.74, 6) is 0.923. The van der Waals surface area contributed by atoms with Gasteiger partial charge in [0.2, 0.25) is 0 Å². The maximum atomic E-state index is 4.58. The van der Waals surface area contributed by atoms with Crippen LogP contribution in [-0.4, -0.2) is 21.3 Å². The van der Waals surface area contributed by atoms with E-state index in [1.165, 1.54) is 11.1 Å². The molecule has 2 rings (SSSR count). The Morgan fingerprint density at radius 1 is 1.28 bits per heavy atom. The minimum absolute atomic E-state index is 0.817. The van der Waals surface area contributed by atoms with Gasteiger partial charge >= 0.3 is 0 Å². The summed E-state index contributed by atoms with van der Waals surface area (Å²) in [6, 6.07) is 4.06. The van der Waals surface area contributed by atoms with Crippen molar-refractivity contribution < 1.29 is 0 Å². The van der Waals surface area contributed by atoms with Crippen LogP contribution in [0.2, 0.25) is 0 Å². The molecule has 0 aliphatic rings. The SMILES string of the molecule is CCNCc1cccnc1-n1nc(C)c(C)c1C. The molecule has 0 spiro atoms. The molecule has 0 radical (unpaired) electrons. The van der Waals surface area contributed by atoms with Crippen molar-refractivity contribution in [3.8, 4) is 5.82 Å². The maximum absolute atomic E-state index is 4.58. The number of nitrogens with zero attached hydrogens (tertiary/aromatic N) is 3. The lowest BCUT2D eigenvalue weighted by molar-refractivity contribution is 0.705. The van der Waals surface area contributed by atoms with Crippen LogP contribution in [0.3, 0.4) is 0 Å². The van der Waals surface area contributed by atoms with Crippen LogP contribution in [0.1, 0.15) is 29.4 Å². The van der Waals surface area contributed by atoms with E-state index < -0.39 is 0 Å². The van der Waals surface area contributed by atoms with Crippen LogP contribution in [0.15, 0.2) is 18.3 Å². The van der Waals surface area contributed by atoms with Crippen molar-refractivity contribution in [3.05, 3.63) is 40.8 Å². The molecule has 2 aromatic rings. The summed E-state index contributed by atoms with van der Waals surface area (Å²) in [7, 11) is 0. The molecule has 2 aromatic heterocycles. The van der Waals surface area contributed by atoms with Gasteiger partial charge in [0.15, 0.2) is 5.82 Å². The second kappa shape index (κ2) is 5.31. The predicted molar refractivity (Wildman–Crippen MR) is 73.0 cm³/mol.